The summed E-state index contributed by atoms with van der Waals surface area (Å²) in [7, 11) is 1.84. The molecule has 1 aromatic carbocycles. The molecule has 3 nitrogen and oxygen atoms in total. The van der Waals surface area contributed by atoms with E-state index >= 15 is 0 Å². The van der Waals surface area contributed by atoms with Crippen LogP contribution in [0, 0.1) is 0 Å². The van der Waals surface area contributed by atoms with Crippen LogP contribution in [0.2, 0.25) is 0 Å². The standard InChI is InChI=1S/C14H22N2O.ClH/c1-14(2,3)11-5-7-12(8-6-11)16-13(17)9-10-15-4;/h5-8,15H,9-10H2,1-4H3,(H,16,17);1H. The summed E-state index contributed by atoms with van der Waals surface area (Å²) in [6.45, 7) is 7.22. The summed E-state index contributed by atoms with van der Waals surface area (Å²) in [6, 6.07) is 8.04. The maximum atomic E-state index is 11.5. The number of amides is 1. The van der Waals surface area contributed by atoms with Crippen molar-refractivity contribution < 1.29 is 4.79 Å². The molecule has 4 heteroatoms. The molecule has 0 spiro atoms. The van der Waals surface area contributed by atoms with E-state index in [-0.39, 0.29) is 23.7 Å². The van der Waals surface area contributed by atoms with Crippen molar-refractivity contribution in [3.8, 4) is 0 Å². The van der Waals surface area contributed by atoms with Crippen LogP contribution in [0.3, 0.4) is 0 Å². The lowest BCUT2D eigenvalue weighted by Crippen LogP contribution is -2.18. The number of hydrogen-bond donors (Lipinski definition) is 2. The lowest BCUT2D eigenvalue weighted by Gasteiger charge is -2.19. The van der Waals surface area contributed by atoms with Gasteiger partial charge in [0, 0.05) is 18.7 Å². The molecule has 0 atom stereocenters. The van der Waals surface area contributed by atoms with Crippen molar-refractivity contribution in [3.05, 3.63) is 29.8 Å². The van der Waals surface area contributed by atoms with Crippen LogP contribution in [-0.2, 0) is 10.2 Å². The van der Waals surface area contributed by atoms with Gasteiger partial charge in [-0.1, -0.05) is 32.9 Å². The highest BCUT2D eigenvalue weighted by Gasteiger charge is 2.12. The van der Waals surface area contributed by atoms with E-state index in [2.05, 4.69) is 43.5 Å². The number of anilines is 1. The molecule has 1 amide bonds. The van der Waals surface area contributed by atoms with Crippen molar-refractivity contribution in [1.82, 2.24) is 5.32 Å². The van der Waals surface area contributed by atoms with Gasteiger partial charge < -0.3 is 10.6 Å². The number of carbonyl (C=O) groups is 1. The fraction of sp³-hybridized carbons (Fsp3) is 0.500. The quantitative estimate of drug-likeness (QED) is 0.883. The molecule has 0 saturated heterocycles. The lowest BCUT2D eigenvalue weighted by atomic mass is 9.87. The highest BCUT2D eigenvalue weighted by Crippen LogP contribution is 2.23. The third-order valence-electron chi connectivity index (χ3n) is 2.64. The summed E-state index contributed by atoms with van der Waals surface area (Å²) in [4.78, 5) is 11.5. The zero-order chi connectivity index (χ0) is 12.9. The molecule has 1 aromatic rings. The average Bonchev–Trinajstić information content (AvgIpc) is 2.26. The maximum Gasteiger partial charge on any atom is 0.225 e. The lowest BCUT2D eigenvalue weighted by molar-refractivity contribution is -0.116. The fourth-order valence-corrected chi connectivity index (χ4v) is 1.52. The highest BCUT2D eigenvalue weighted by molar-refractivity contribution is 5.90. The molecular weight excluding hydrogens is 248 g/mol. The second-order valence-electron chi connectivity index (χ2n) is 5.23. The molecule has 0 radical (unpaired) electrons. The predicted octanol–water partition coefficient (Wildman–Crippen LogP) is 2.95. The summed E-state index contributed by atoms with van der Waals surface area (Å²) < 4.78 is 0. The van der Waals surface area contributed by atoms with E-state index in [1.807, 2.05) is 19.2 Å². The van der Waals surface area contributed by atoms with Gasteiger partial charge in [-0.3, -0.25) is 4.79 Å². The Labute approximate surface area is 116 Å². The van der Waals surface area contributed by atoms with Gasteiger partial charge >= 0.3 is 0 Å². The van der Waals surface area contributed by atoms with Crippen LogP contribution in [0.5, 0.6) is 0 Å². The van der Waals surface area contributed by atoms with Crippen LogP contribution in [0.1, 0.15) is 32.8 Å². The van der Waals surface area contributed by atoms with Gasteiger partial charge in [0.25, 0.3) is 0 Å². The Morgan fingerprint density at radius 2 is 1.72 bits per heavy atom. The predicted molar refractivity (Wildman–Crippen MR) is 79.6 cm³/mol. The van der Waals surface area contributed by atoms with Gasteiger partial charge in [0.15, 0.2) is 0 Å². The van der Waals surface area contributed by atoms with Gasteiger partial charge in [-0.15, -0.1) is 12.4 Å². The Hall–Kier alpha value is -1.06. The number of rotatable bonds is 4. The molecule has 1 rings (SSSR count). The van der Waals surface area contributed by atoms with Crippen LogP contribution >= 0.6 is 12.4 Å². The summed E-state index contributed by atoms with van der Waals surface area (Å²) >= 11 is 0. The number of carbonyl (C=O) groups excluding carboxylic acids is 1. The molecule has 0 fully saturated rings. The van der Waals surface area contributed by atoms with E-state index < -0.39 is 0 Å². The van der Waals surface area contributed by atoms with Crippen molar-refractivity contribution in [2.75, 3.05) is 18.9 Å². The molecule has 0 aliphatic carbocycles. The molecular formula is C14H23ClN2O. The number of benzene rings is 1. The first-order chi connectivity index (χ1) is 7.93. The van der Waals surface area contributed by atoms with E-state index in [0.717, 1.165) is 5.69 Å². The molecule has 0 aromatic heterocycles. The Bertz CT molecular complexity index is 368. The maximum absolute atomic E-state index is 11.5. The molecule has 0 aliphatic heterocycles. The zero-order valence-corrected chi connectivity index (χ0v) is 12.4. The summed E-state index contributed by atoms with van der Waals surface area (Å²) in [5.74, 6) is 0.0443. The Kier molecular flexibility index (Phi) is 6.96. The summed E-state index contributed by atoms with van der Waals surface area (Å²) in [5, 5.41) is 5.83. The number of hydrogen-bond acceptors (Lipinski definition) is 2. The van der Waals surface area contributed by atoms with E-state index in [0.29, 0.717) is 13.0 Å². The number of halogens is 1. The second kappa shape index (κ2) is 7.39. The van der Waals surface area contributed by atoms with Crippen molar-refractivity contribution in [1.29, 1.82) is 0 Å². The average molecular weight is 271 g/mol. The molecule has 0 bridgehead atoms. The minimum atomic E-state index is 0. The first-order valence-electron chi connectivity index (χ1n) is 5.98. The van der Waals surface area contributed by atoms with Crippen molar-refractivity contribution >= 4 is 24.0 Å². The summed E-state index contributed by atoms with van der Waals surface area (Å²) in [5.41, 5.74) is 2.28. The monoisotopic (exact) mass is 270 g/mol. The third-order valence-corrected chi connectivity index (χ3v) is 2.64. The largest absolute Gasteiger partial charge is 0.326 e. The Morgan fingerprint density at radius 3 is 2.17 bits per heavy atom. The molecule has 102 valence electrons. The van der Waals surface area contributed by atoms with Gasteiger partial charge in [-0.25, -0.2) is 0 Å². The van der Waals surface area contributed by atoms with Gasteiger partial charge in [0.05, 0.1) is 0 Å². The van der Waals surface area contributed by atoms with Crippen molar-refractivity contribution in [2.45, 2.75) is 32.6 Å². The van der Waals surface area contributed by atoms with E-state index in [4.69, 9.17) is 0 Å². The smallest absolute Gasteiger partial charge is 0.225 e. The highest BCUT2D eigenvalue weighted by atomic mass is 35.5. The molecule has 0 heterocycles. The zero-order valence-electron chi connectivity index (χ0n) is 11.5. The molecule has 0 saturated carbocycles. The van der Waals surface area contributed by atoms with Crippen LogP contribution in [0.25, 0.3) is 0 Å². The number of nitrogens with one attached hydrogen (secondary N) is 2. The molecule has 18 heavy (non-hydrogen) atoms. The Morgan fingerprint density at radius 1 is 1.17 bits per heavy atom. The molecule has 0 aliphatic rings. The normalized spacial score (nSPS) is 10.7. The second-order valence-corrected chi connectivity index (χ2v) is 5.23. The van der Waals surface area contributed by atoms with E-state index in [1.54, 1.807) is 0 Å². The van der Waals surface area contributed by atoms with Gasteiger partial charge in [0.2, 0.25) is 5.91 Å². The van der Waals surface area contributed by atoms with Crippen LogP contribution in [0.4, 0.5) is 5.69 Å². The van der Waals surface area contributed by atoms with Crippen LogP contribution in [-0.4, -0.2) is 19.5 Å². The third kappa shape index (κ3) is 5.52. The van der Waals surface area contributed by atoms with Gasteiger partial charge in [-0.05, 0) is 30.2 Å². The van der Waals surface area contributed by atoms with E-state index in [9.17, 15) is 4.79 Å². The Balaban J connectivity index is 0.00000289. The SMILES string of the molecule is CNCCC(=O)Nc1ccc(C(C)(C)C)cc1.Cl. The first kappa shape index (κ1) is 16.9. The van der Waals surface area contributed by atoms with Crippen molar-refractivity contribution in [2.24, 2.45) is 0 Å². The van der Waals surface area contributed by atoms with E-state index in [1.165, 1.54) is 5.56 Å². The summed E-state index contributed by atoms with van der Waals surface area (Å²) in [6.07, 6.45) is 0.498. The fourth-order valence-electron chi connectivity index (χ4n) is 1.52. The van der Waals surface area contributed by atoms with Crippen LogP contribution < -0.4 is 10.6 Å². The topological polar surface area (TPSA) is 41.1 Å². The van der Waals surface area contributed by atoms with Crippen LogP contribution in [0.15, 0.2) is 24.3 Å². The van der Waals surface area contributed by atoms with Gasteiger partial charge in [0.1, 0.15) is 0 Å². The first-order valence-corrected chi connectivity index (χ1v) is 5.98. The molecule has 0 unspecified atom stereocenters. The minimum absolute atomic E-state index is 0. The van der Waals surface area contributed by atoms with Crippen molar-refractivity contribution in [3.63, 3.8) is 0 Å². The van der Waals surface area contributed by atoms with Gasteiger partial charge in [-0.2, -0.15) is 0 Å². The minimum Gasteiger partial charge on any atom is -0.326 e. The molecule has 2 N–H and O–H groups in total.